The summed E-state index contributed by atoms with van der Waals surface area (Å²) >= 11 is 0. The Morgan fingerprint density at radius 1 is 1.28 bits per heavy atom. The van der Waals surface area contributed by atoms with Gasteiger partial charge in [0, 0.05) is 24.3 Å². The number of aliphatic hydroxyl groups is 1. The molecular formula is C16H25NO. The SMILES string of the molecule is CC(O)c1ccccc1N1CCC(C(C)(C)C)C1. The van der Waals surface area contributed by atoms with Crippen LogP contribution in [-0.4, -0.2) is 18.2 Å². The zero-order chi connectivity index (χ0) is 13.3. The van der Waals surface area contributed by atoms with E-state index in [1.165, 1.54) is 12.1 Å². The average Bonchev–Trinajstić information content (AvgIpc) is 2.77. The van der Waals surface area contributed by atoms with E-state index >= 15 is 0 Å². The summed E-state index contributed by atoms with van der Waals surface area (Å²) in [5.41, 5.74) is 2.63. The Morgan fingerprint density at radius 3 is 2.50 bits per heavy atom. The molecule has 0 aromatic heterocycles. The van der Waals surface area contributed by atoms with Gasteiger partial charge in [0.05, 0.1) is 6.10 Å². The lowest BCUT2D eigenvalue weighted by Crippen LogP contribution is -2.26. The van der Waals surface area contributed by atoms with E-state index in [2.05, 4.69) is 37.8 Å². The van der Waals surface area contributed by atoms with Gasteiger partial charge in [0.2, 0.25) is 0 Å². The summed E-state index contributed by atoms with van der Waals surface area (Å²) in [4.78, 5) is 2.43. The maximum absolute atomic E-state index is 9.86. The van der Waals surface area contributed by atoms with Gasteiger partial charge in [-0.25, -0.2) is 0 Å². The second kappa shape index (κ2) is 4.93. The van der Waals surface area contributed by atoms with E-state index in [1.54, 1.807) is 0 Å². The van der Waals surface area contributed by atoms with Crippen molar-refractivity contribution in [1.29, 1.82) is 0 Å². The van der Waals surface area contributed by atoms with Crippen molar-refractivity contribution in [2.45, 2.75) is 40.2 Å². The van der Waals surface area contributed by atoms with Crippen LogP contribution in [0.15, 0.2) is 24.3 Å². The van der Waals surface area contributed by atoms with Crippen LogP contribution in [0.1, 0.15) is 45.8 Å². The predicted molar refractivity (Wildman–Crippen MR) is 76.9 cm³/mol. The second-order valence-corrected chi connectivity index (χ2v) is 6.53. The van der Waals surface area contributed by atoms with Gasteiger partial charge in [0.25, 0.3) is 0 Å². The molecule has 2 heteroatoms. The van der Waals surface area contributed by atoms with Gasteiger partial charge in [-0.3, -0.25) is 0 Å². The molecule has 1 aliphatic heterocycles. The number of rotatable bonds is 2. The molecule has 0 bridgehead atoms. The van der Waals surface area contributed by atoms with Crippen molar-refractivity contribution in [2.75, 3.05) is 18.0 Å². The van der Waals surface area contributed by atoms with Crippen molar-refractivity contribution in [3.05, 3.63) is 29.8 Å². The first-order valence-electron chi connectivity index (χ1n) is 6.91. The van der Waals surface area contributed by atoms with Crippen molar-refractivity contribution in [3.63, 3.8) is 0 Å². The van der Waals surface area contributed by atoms with Gasteiger partial charge in [0.15, 0.2) is 0 Å². The molecule has 2 atom stereocenters. The van der Waals surface area contributed by atoms with E-state index in [-0.39, 0.29) is 0 Å². The van der Waals surface area contributed by atoms with Crippen molar-refractivity contribution in [3.8, 4) is 0 Å². The zero-order valence-electron chi connectivity index (χ0n) is 12.0. The Labute approximate surface area is 111 Å². The Kier molecular flexibility index (Phi) is 3.67. The van der Waals surface area contributed by atoms with Gasteiger partial charge in [-0.2, -0.15) is 0 Å². The maximum Gasteiger partial charge on any atom is 0.0781 e. The minimum absolute atomic E-state index is 0.370. The first-order chi connectivity index (χ1) is 8.39. The third kappa shape index (κ3) is 2.69. The summed E-state index contributed by atoms with van der Waals surface area (Å²) in [7, 11) is 0. The number of aliphatic hydroxyl groups excluding tert-OH is 1. The lowest BCUT2D eigenvalue weighted by atomic mass is 9.80. The highest BCUT2D eigenvalue weighted by molar-refractivity contribution is 5.55. The molecule has 1 heterocycles. The molecule has 100 valence electrons. The molecule has 2 nitrogen and oxygen atoms in total. The summed E-state index contributed by atoms with van der Waals surface area (Å²) in [6, 6.07) is 8.23. The fraction of sp³-hybridized carbons (Fsp3) is 0.625. The number of benzene rings is 1. The molecule has 0 amide bonds. The normalized spacial score (nSPS) is 22.3. The quantitative estimate of drug-likeness (QED) is 0.863. The summed E-state index contributed by atoms with van der Waals surface area (Å²) < 4.78 is 0. The van der Waals surface area contributed by atoms with Crippen LogP contribution in [0.25, 0.3) is 0 Å². The maximum atomic E-state index is 9.86. The summed E-state index contributed by atoms with van der Waals surface area (Å²) in [6.45, 7) is 11.0. The van der Waals surface area contributed by atoms with Crippen molar-refractivity contribution in [2.24, 2.45) is 11.3 Å². The Morgan fingerprint density at radius 2 is 1.94 bits per heavy atom. The molecule has 0 saturated carbocycles. The number of hydrogen-bond donors (Lipinski definition) is 1. The molecule has 1 aromatic rings. The van der Waals surface area contributed by atoms with Crippen molar-refractivity contribution in [1.82, 2.24) is 0 Å². The van der Waals surface area contributed by atoms with E-state index in [9.17, 15) is 5.11 Å². The van der Waals surface area contributed by atoms with Crippen LogP contribution in [0.4, 0.5) is 5.69 Å². The van der Waals surface area contributed by atoms with Gasteiger partial charge < -0.3 is 10.0 Å². The topological polar surface area (TPSA) is 23.5 Å². The second-order valence-electron chi connectivity index (χ2n) is 6.53. The van der Waals surface area contributed by atoms with Crippen LogP contribution in [0, 0.1) is 11.3 Å². The van der Waals surface area contributed by atoms with Gasteiger partial charge in [0.1, 0.15) is 0 Å². The number of hydrogen-bond acceptors (Lipinski definition) is 2. The van der Waals surface area contributed by atoms with Crippen LogP contribution in [0.3, 0.4) is 0 Å². The van der Waals surface area contributed by atoms with Crippen LogP contribution >= 0.6 is 0 Å². The van der Waals surface area contributed by atoms with Crippen molar-refractivity contribution < 1.29 is 5.11 Å². The van der Waals surface area contributed by atoms with E-state index in [0.29, 0.717) is 5.41 Å². The summed E-state index contributed by atoms with van der Waals surface area (Å²) in [6.07, 6.45) is 0.854. The first-order valence-corrected chi connectivity index (χ1v) is 6.91. The monoisotopic (exact) mass is 247 g/mol. The largest absolute Gasteiger partial charge is 0.389 e. The van der Waals surface area contributed by atoms with Crippen molar-refractivity contribution >= 4 is 5.69 Å². The predicted octanol–water partition coefficient (Wildman–Crippen LogP) is 3.61. The van der Waals surface area contributed by atoms with E-state index < -0.39 is 6.10 Å². The van der Waals surface area contributed by atoms with E-state index in [4.69, 9.17) is 0 Å². The zero-order valence-corrected chi connectivity index (χ0v) is 12.0. The van der Waals surface area contributed by atoms with E-state index in [0.717, 1.165) is 24.6 Å². The summed E-state index contributed by atoms with van der Waals surface area (Å²) in [5.74, 6) is 0.736. The van der Waals surface area contributed by atoms with E-state index in [1.807, 2.05) is 19.1 Å². The molecule has 1 fully saturated rings. The molecule has 1 aromatic carbocycles. The molecule has 0 aliphatic carbocycles. The highest BCUT2D eigenvalue weighted by Gasteiger charge is 2.32. The van der Waals surface area contributed by atoms with Gasteiger partial charge in [-0.15, -0.1) is 0 Å². The Balaban J connectivity index is 2.19. The average molecular weight is 247 g/mol. The molecule has 1 aliphatic rings. The van der Waals surface area contributed by atoms with Crippen LogP contribution < -0.4 is 4.90 Å². The molecular weight excluding hydrogens is 222 g/mol. The molecule has 2 rings (SSSR count). The molecule has 18 heavy (non-hydrogen) atoms. The minimum atomic E-state index is -0.394. The fourth-order valence-corrected chi connectivity index (χ4v) is 2.81. The molecule has 1 N–H and O–H groups in total. The molecule has 0 radical (unpaired) electrons. The molecule has 0 spiro atoms. The third-order valence-electron chi connectivity index (χ3n) is 4.14. The number of nitrogens with zero attached hydrogens (tertiary/aromatic N) is 1. The van der Waals surface area contributed by atoms with Gasteiger partial charge >= 0.3 is 0 Å². The molecule has 2 unspecified atom stereocenters. The first kappa shape index (κ1) is 13.4. The highest BCUT2D eigenvalue weighted by Crippen LogP contribution is 2.37. The lowest BCUT2D eigenvalue weighted by Gasteiger charge is -2.28. The molecule has 1 saturated heterocycles. The fourth-order valence-electron chi connectivity index (χ4n) is 2.81. The number of para-hydroxylation sites is 1. The van der Waals surface area contributed by atoms with Crippen LogP contribution in [0.2, 0.25) is 0 Å². The smallest absolute Gasteiger partial charge is 0.0781 e. The lowest BCUT2D eigenvalue weighted by molar-refractivity contribution is 0.199. The Hall–Kier alpha value is -1.02. The van der Waals surface area contributed by atoms with Gasteiger partial charge in [-0.1, -0.05) is 39.0 Å². The summed E-state index contributed by atoms with van der Waals surface area (Å²) in [5, 5.41) is 9.86. The van der Waals surface area contributed by atoms with Gasteiger partial charge in [-0.05, 0) is 30.7 Å². The number of anilines is 1. The standard InChI is InChI=1S/C16H25NO/c1-12(18)14-7-5-6-8-15(14)17-10-9-13(11-17)16(2,3)4/h5-8,12-13,18H,9-11H2,1-4H3. The van der Waals surface area contributed by atoms with Crippen LogP contribution in [-0.2, 0) is 0 Å². The Bertz CT molecular complexity index is 406. The highest BCUT2D eigenvalue weighted by atomic mass is 16.3. The minimum Gasteiger partial charge on any atom is -0.389 e. The third-order valence-corrected chi connectivity index (χ3v) is 4.14. The van der Waals surface area contributed by atoms with Crippen LogP contribution in [0.5, 0.6) is 0 Å².